The Bertz CT molecular complexity index is 2310. The first-order chi connectivity index (χ1) is 18.5. The summed E-state index contributed by atoms with van der Waals surface area (Å²) in [5.74, 6) is 0. The number of aryl methyl sites for hydroxylation is 2. The summed E-state index contributed by atoms with van der Waals surface area (Å²) < 4.78 is 2.32. The van der Waals surface area contributed by atoms with Crippen LogP contribution in [0.3, 0.4) is 0 Å². The highest BCUT2D eigenvalue weighted by Crippen LogP contribution is 2.52. The third-order valence-corrected chi connectivity index (χ3v) is 10.3. The Morgan fingerprint density at radius 3 is 1.13 bits per heavy atom. The highest BCUT2D eigenvalue weighted by Gasteiger charge is 2.23. The lowest BCUT2D eigenvalue weighted by Crippen LogP contribution is -1.95. The molecular formula is C36H20Br2. The second-order valence-electron chi connectivity index (χ2n) is 10.7. The molecule has 178 valence electrons. The highest BCUT2D eigenvalue weighted by atomic mass is 79.9. The summed E-state index contributed by atoms with van der Waals surface area (Å²) in [4.78, 5) is 0. The molecule has 0 spiro atoms. The monoisotopic (exact) mass is 610 g/mol. The fraction of sp³-hybridized carbons (Fsp3) is 0.0556. The van der Waals surface area contributed by atoms with Gasteiger partial charge < -0.3 is 0 Å². The normalized spacial score (nSPS) is 12.7. The second-order valence-corrected chi connectivity index (χ2v) is 12.4. The van der Waals surface area contributed by atoms with Crippen molar-refractivity contribution >= 4 is 118 Å². The van der Waals surface area contributed by atoms with Gasteiger partial charge in [-0.3, -0.25) is 0 Å². The molecule has 0 amide bonds. The van der Waals surface area contributed by atoms with Gasteiger partial charge >= 0.3 is 0 Å². The molecule has 9 rings (SSSR count). The molecule has 0 nitrogen and oxygen atoms in total. The minimum Gasteiger partial charge on any atom is -0.0616 e. The summed E-state index contributed by atoms with van der Waals surface area (Å²) in [7, 11) is 0. The van der Waals surface area contributed by atoms with Crippen molar-refractivity contribution in [3.8, 4) is 0 Å². The summed E-state index contributed by atoms with van der Waals surface area (Å²) in [6, 6.07) is 31.8. The lowest BCUT2D eigenvalue weighted by Gasteiger charge is -2.23. The topological polar surface area (TPSA) is 0 Å². The molecular weight excluding hydrogens is 592 g/mol. The fourth-order valence-electron chi connectivity index (χ4n) is 7.44. The summed E-state index contributed by atoms with van der Waals surface area (Å²) >= 11 is 8.14. The Morgan fingerprint density at radius 1 is 0.342 bits per heavy atom. The molecule has 38 heavy (non-hydrogen) atoms. The van der Waals surface area contributed by atoms with Crippen LogP contribution in [0.5, 0.6) is 0 Å². The van der Waals surface area contributed by atoms with Crippen molar-refractivity contribution in [2.75, 3.05) is 0 Å². The van der Waals surface area contributed by atoms with E-state index in [1.54, 1.807) is 0 Å². The molecule has 0 aliphatic carbocycles. The van der Waals surface area contributed by atoms with Crippen molar-refractivity contribution in [1.29, 1.82) is 0 Å². The van der Waals surface area contributed by atoms with Gasteiger partial charge in [0, 0.05) is 19.7 Å². The first-order valence-electron chi connectivity index (χ1n) is 13.0. The quantitative estimate of drug-likeness (QED) is 0.118. The lowest BCUT2D eigenvalue weighted by molar-refractivity contribution is 1.59. The average molecular weight is 612 g/mol. The van der Waals surface area contributed by atoms with Gasteiger partial charge in [0.2, 0.25) is 0 Å². The zero-order chi connectivity index (χ0) is 25.4. The predicted molar refractivity (Wildman–Crippen MR) is 174 cm³/mol. The average Bonchev–Trinajstić information content (AvgIpc) is 2.94. The number of rotatable bonds is 0. The molecule has 0 N–H and O–H groups in total. The summed E-state index contributed by atoms with van der Waals surface area (Å²) in [6.45, 7) is 4.55. The first kappa shape index (κ1) is 21.5. The smallest absolute Gasteiger partial charge is 0.0266 e. The zero-order valence-corrected chi connectivity index (χ0v) is 24.0. The van der Waals surface area contributed by atoms with Gasteiger partial charge in [0.1, 0.15) is 0 Å². The molecule has 0 bridgehead atoms. The lowest BCUT2D eigenvalue weighted by atomic mass is 9.82. The molecule has 0 saturated carbocycles. The van der Waals surface area contributed by atoms with E-state index in [9.17, 15) is 0 Å². The van der Waals surface area contributed by atoms with Crippen molar-refractivity contribution in [2.45, 2.75) is 13.8 Å². The first-order valence-corrected chi connectivity index (χ1v) is 14.6. The number of hydrogen-bond acceptors (Lipinski definition) is 0. The SMILES string of the molecule is Cc1c2ccccc2c2cc(Br)c3c4ccc5c(C)c6ccccc6c6cc(Br)c(c7ccc1c2c73)c4c56. The van der Waals surface area contributed by atoms with Crippen molar-refractivity contribution < 1.29 is 0 Å². The maximum atomic E-state index is 4.07. The van der Waals surface area contributed by atoms with Gasteiger partial charge in [0.25, 0.3) is 0 Å². The van der Waals surface area contributed by atoms with Gasteiger partial charge in [-0.15, -0.1) is 0 Å². The largest absolute Gasteiger partial charge is 0.0616 e. The number of fused-ring (bicyclic) bond motifs is 6. The maximum Gasteiger partial charge on any atom is 0.0266 e. The standard InChI is InChI=1S/C36H20Br2/c1-17-19-7-3-5-9-23(19)27-15-29(37)33-26-14-12-22-18(2)20-8-4-6-10-24(20)28-16-30(38)34(36(26)32(22)28)25-13-11-21(17)31(27)35(25)33/h3-16H,1-2H3. The van der Waals surface area contributed by atoms with E-state index in [1.165, 1.54) is 97.3 Å². The Morgan fingerprint density at radius 2 is 0.711 bits per heavy atom. The minimum atomic E-state index is 1.16. The second kappa shape index (κ2) is 7.14. The summed E-state index contributed by atoms with van der Waals surface area (Å²) in [6.07, 6.45) is 0. The Labute approximate surface area is 235 Å². The Hall–Kier alpha value is -3.46. The number of halogens is 2. The van der Waals surface area contributed by atoms with Crippen LogP contribution in [0.2, 0.25) is 0 Å². The third-order valence-electron chi connectivity index (χ3n) is 9.06. The van der Waals surface area contributed by atoms with Crippen LogP contribution >= 0.6 is 31.9 Å². The molecule has 9 aromatic carbocycles. The Balaban J connectivity index is 1.66. The van der Waals surface area contributed by atoms with Crippen molar-refractivity contribution in [3.63, 3.8) is 0 Å². The van der Waals surface area contributed by atoms with Gasteiger partial charge in [-0.2, -0.15) is 0 Å². The maximum absolute atomic E-state index is 4.07. The summed E-state index contributed by atoms with van der Waals surface area (Å²) in [5.41, 5.74) is 2.70. The van der Waals surface area contributed by atoms with Crippen molar-refractivity contribution in [3.05, 3.63) is 105 Å². The van der Waals surface area contributed by atoms with Gasteiger partial charge in [0.05, 0.1) is 0 Å². The van der Waals surface area contributed by atoms with E-state index < -0.39 is 0 Å². The van der Waals surface area contributed by atoms with Crippen LogP contribution in [0.15, 0.2) is 93.9 Å². The van der Waals surface area contributed by atoms with E-state index in [2.05, 4.69) is 131 Å². The number of hydrogen-bond donors (Lipinski definition) is 0. The third kappa shape index (κ3) is 2.38. The Kier molecular flexibility index (Phi) is 4.03. The van der Waals surface area contributed by atoms with E-state index in [-0.39, 0.29) is 0 Å². The van der Waals surface area contributed by atoms with Gasteiger partial charge in [-0.05, 0) is 113 Å². The van der Waals surface area contributed by atoms with Crippen molar-refractivity contribution in [1.82, 2.24) is 0 Å². The zero-order valence-electron chi connectivity index (χ0n) is 20.8. The van der Waals surface area contributed by atoms with Crippen LogP contribution in [-0.2, 0) is 0 Å². The van der Waals surface area contributed by atoms with E-state index >= 15 is 0 Å². The highest BCUT2D eigenvalue weighted by molar-refractivity contribution is 9.11. The van der Waals surface area contributed by atoms with E-state index in [0.717, 1.165) is 8.95 Å². The van der Waals surface area contributed by atoms with Crippen molar-refractivity contribution in [2.24, 2.45) is 0 Å². The van der Waals surface area contributed by atoms with E-state index in [1.807, 2.05) is 0 Å². The van der Waals surface area contributed by atoms with Crippen LogP contribution in [0.25, 0.3) is 86.2 Å². The fourth-order valence-corrected chi connectivity index (χ4v) is 8.72. The van der Waals surface area contributed by atoms with Gasteiger partial charge in [-0.1, -0.05) is 105 Å². The summed E-state index contributed by atoms with van der Waals surface area (Å²) in [5, 5.41) is 21.3. The molecule has 0 radical (unpaired) electrons. The van der Waals surface area contributed by atoms with Crippen LogP contribution in [-0.4, -0.2) is 0 Å². The van der Waals surface area contributed by atoms with Crippen LogP contribution in [0.4, 0.5) is 0 Å². The van der Waals surface area contributed by atoms with Gasteiger partial charge in [-0.25, -0.2) is 0 Å². The molecule has 0 unspecified atom stereocenters. The molecule has 2 heteroatoms. The van der Waals surface area contributed by atoms with Gasteiger partial charge in [0.15, 0.2) is 0 Å². The molecule has 0 saturated heterocycles. The van der Waals surface area contributed by atoms with Crippen LogP contribution < -0.4 is 0 Å². The molecule has 9 aromatic rings. The predicted octanol–water partition coefficient (Wildman–Crippen LogP) is 11.9. The molecule has 0 aromatic heterocycles. The molecule has 0 aliphatic heterocycles. The van der Waals surface area contributed by atoms with Crippen LogP contribution in [0, 0.1) is 13.8 Å². The van der Waals surface area contributed by atoms with E-state index in [0.29, 0.717) is 0 Å². The minimum absolute atomic E-state index is 1.16. The molecule has 0 aliphatic rings. The van der Waals surface area contributed by atoms with E-state index in [4.69, 9.17) is 0 Å². The number of benzene rings is 9. The molecule has 0 atom stereocenters. The molecule has 0 heterocycles. The molecule has 0 fully saturated rings. The van der Waals surface area contributed by atoms with Crippen LogP contribution in [0.1, 0.15) is 11.1 Å².